The van der Waals surface area contributed by atoms with Gasteiger partial charge in [-0.15, -0.1) is 0 Å². The van der Waals surface area contributed by atoms with Crippen LogP contribution in [0.2, 0.25) is 0 Å². The number of halogens is 4. The van der Waals surface area contributed by atoms with E-state index in [2.05, 4.69) is 20.9 Å². The Morgan fingerprint density at radius 3 is 2.64 bits per heavy atom. The lowest BCUT2D eigenvalue weighted by Gasteiger charge is -2.11. The zero-order valence-corrected chi connectivity index (χ0v) is 8.35. The number of aromatic nitrogens is 1. The van der Waals surface area contributed by atoms with Crippen molar-refractivity contribution in [3.8, 4) is 6.07 Å². The molecule has 6 heteroatoms. The Morgan fingerprint density at radius 1 is 1.50 bits per heavy atom. The summed E-state index contributed by atoms with van der Waals surface area (Å²) in [6, 6.07) is 2.84. The Morgan fingerprint density at radius 2 is 2.14 bits per heavy atom. The molecule has 1 aromatic rings. The first-order valence-electron chi connectivity index (χ1n) is 3.54. The van der Waals surface area contributed by atoms with Crippen LogP contribution >= 0.6 is 15.9 Å². The average Bonchev–Trinajstić information content (AvgIpc) is 2.02. The summed E-state index contributed by atoms with van der Waals surface area (Å²) in [6.45, 7) is 0. The third kappa shape index (κ3) is 2.23. The molecule has 0 N–H and O–H groups in total. The minimum Gasteiger partial charge on any atom is -0.259 e. The normalized spacial score (nSPS) is 11.1. The van der Waals surface area contributed by atoms with Crippen LogP contribution < -0.4 is 0 Å². The van der Waals surface area contributed by atoms with Crippen molar-refractivity contribution in [3.63, 3.8) is 0 Å². The van der Waals surface area contributed by atoms with Crippen LogP contribution in [0.3, 0.4) is 0 Å². The molecule has 0 bridgehead atoms. The maximum Gasteiger partial charge on any atom is 0.419 e. The zero-order valence-electron chi connectivity index (χ0n) is 6.77. The van der Waals surface area contributed by atoms with Gasteiger partial charge in [-0.3, -0.25) is 4.98 Å². The number of hydrogen-bond acceptors (Lipinski definition) is 2. The van der Waals surface area contributed by atoms with Crippen molar-refractivity contribution in [3.05, 3.63) is 28.0 Å². The largest absolute Gasteiger partial charge is 0.419 e. The second kappa shape index (κ2) is 3.96. The molecule has 14 heavy (non-hydrogen) atoms. The summed E-state index contributed by atoms with van der Waals surface area (Å²) < 4.78 is 37.3. The molecule has 0 atom stereocenters. The summed E-state index contributed by atoms with van der Waals surface area (Å²) in [4.78, 5) is 3.52. The van der Waals surface area contributed by atoms with E-state index in [1.807, 2.05) is 0 Å². The van der Waals surface area contributed by atoms with E-state index in [4.69, 9.17) is 5.26 Å². The highest BCUT2D eigenvalue weighted by Gasteiger charge is 2.36. The Kier molecular flexibility index (Phi) is 3.11. The number of hydrogen-bond donors (Lipinski definition) is 0. The Labute approximate surface area is 86.5 Å². The molecule has 0 saturated heterocycles. The van der Waals surface area contributed by atoms with E-state index >= 15 is 0 Å². The first-order chi connectivity index (χ1) is 6.46. The van der Waals surface area contributed by atoms with Crippen molar-refractivity contribution in [2.75, 3.05) is 0 Å². The maximum absolute atomic E-state index is 12.5. The van der Waals surface area contributed by atoms with Crippen LogP contribution in [0, 0.1) is 11.3 Å². The zero-order chi connectivity index (χ0) is 10.8. The monoisotopic (exact) mass is 264 g/mol. The average molecular weight is 265 g/mol. The fourth-order valence-electron chi connectivity index (χ4n) is 0.986. The van der Waals surface area contributed by atoms with Crippen LogP contribution in [-0.2, 0) is 12.6 Å². The van der Waals surface area contributed by atoms with Gasteiger partial charge in [0.2, 0.25) is 0 Å². The van der Waals surface area contributed by atoms with Gasteiger partial charge in [0.25, 0.3) is 0 Å². The van der Waals surface area contributed by atoms with E-state index in [0.29, 0.717) is 0 Å². The van der Waals surface area contributed by atoms with Crippen LogP contribution in [-0.4, -0.2) is 4.98 Å². The van der Waals surface area contributed by atoms with E-state index in [1.54, 1.807) is 6.07 Å². The number of nitriles is 1. The second-order valence-corrected chi connectivity index (χ2v) is 3.30. The lowest BCUT2D eigenvalue weighted by atomic mass is 10.1. The van der Waals surface area contributed by atoms with Crippen molar-refractivity contribution >= 4 is 15.9 Å². The first-order valence-corrected chi connectivity index (χ1v) is 4.33. The predicted molar refractivity (Wildman–Crippen MR) is 46.3 cm³/mol. The van der Waals surface area contributed by atoms with Crippen molar-refractivity contribution in [1.29, 1.82) is 5.26 Å². The van der Waals surface area contributed by atoms with Gasteiger partial charge in [0.05, 0.1) is 23.7 Å². The van der Waals surface area contributed by atoms with Gasteiger partial charge in [0, 0.05) is 10.7 Å². The Balaban J connectivity index is 3.31. The van der Waals surface area contributed by atoms with Crippen LogP contribution in [0.25, 0.3) is 0 Å². The summed E-state index contributed by atoms with van der Waals surface area (Å²) in [7, 11) is 0. The standard InChI is InChI=1S/C8H4BrF3N2/c9-5-2-4-14-6(1-3-13)7(5)8(10,11)12/h2,4H,1H2. The third-order valence-electron chi connectivity index (χ3n) is 1.51. The fraction of sp³-hybridized carbons (Fsp3) is 0.250. The van der Waals surface area contributed by atoms with Gasteiger partial charge in [-0.05, 0) is 6.07 Å². The SMILES string of the molecule is N#CCc1nccc(Br)c1C(F)(F)F. The summed E-state index contributed by atoms with van der Waals surface area (Å²) in [6.07, 6.45) is -3.61. The fourth-order valence-corrected chi connectivity index (χ4v) is 1.56. The minimum atomic E-state index is -4.49. The molecular formula is C8H4BrF3N2. The minimum absolute atomic E-state index is 0.0924. The maximum atomic E-state index is 12.5. The molecule has 0 aliphatic rings. The molecule has 0 fully saturated rings. The van der Waals surface area contributed by atoms with Gasteiger partial charge in [-0.2, -0.15) is 18.4 Å². The van der Waals surface area contributed by atoms with Crippen LogP contribution in [0.15, 0.2) is 16.7 Å². The van der Waals surface area contributed by atoms with Gasteiger partial charge < -0.3 is 0 Å². The third-order valence-corrected chi connectivity index (χ3v) is 2.17. The molecule has 0 saturated carbocycles. The van der Waals surface area contributed by atoms with Crippen molar-refractivity contribution in [1.82, 2.24) is 4.98 Å². The van der Waals surface area contributed by atoms with E-state index in [9.17, 15) is 13.2 Å². The number of alkyl halides is 3. The molecule has 1 aromatic heterocycles. The van der Waals surface area contributed by atoms with E-state index in [0.717, 1.165) is 0 Å². The summed E-state index contributed by atoms with van der Waals surface area (Å²) in [5.41, 5.74) is -1.13. The molecule has 0 radical (unpaired) electrons. The second-order valence-electron chi connectivity index (χ2n) is 2.45. The quantitative estimate of drug-likeness (QED) is 0.782. The van der Waals surface area contributed by atoms with Gasteiger partial charge in [-0.25, -0.2) is 0 Å². The van der Waals surface area contributed by atoms with Crippen LogP contribution in [0.1, 0.15) is 11.3 Å². The number of rotatable bonds is 1. The smallest absolute Gasteiger partial charge is 0.259 e. The molecule has 1 heterocycles. The van der Waals surface area contributed by atoms with Crippen molar-refractivity contribution in [2.24, 2.45) is 0 Å². The van der Waals surface area contributed by atoms with Crippen molar-refractivity contribution < 1.29 is 13.2 Å². The molecule has 1 rings (SSSR count). The van der Waals surface area contributed by atoms with E-state index in [-0.39, 0.29) is 16.6 Å². The molecule has 0 aliphatic carbocycles. The molecular weight excluding hydrogens is 261 g/mol. The van der Waals surface area contributed by atoms with E-state index in [1.165, 1.54) is 12.3 Å². The molecule has 2 nitrogen and oxygen atoms in total. The molecule has 0 spiro atoms. The first kappa shape index (κ1) is 11.0. The van der Waals surface area contributed by atoms with Gasteiger partial charge >= 0.3 is 6.18 Å². The topological polar surface area (TPSA) is 36.7 Å². The summed E-state index contributed by atoms with van der Waals surface area (Å²) in [5.74, 6) is 0. The molecule has 0 aromatic carbocycles. The van der Waals surface area contributed by atoms with Gasteiger partial charge in [0.15, 0.2) is 0 Å². The lowest BCUT2D eigenvalue weighted by molar-refractivity contribution is -0.139. The summed E-state index contributed by atoms with van der Waals surface area (Å²) >= 11 is 2.78. The highest BCUT2D eigenvalue weighted by atomic mass is 79.9. The molecule has 74 valence electrons. The van der Waals surface area contributed by atoms with Gasteiger partial charge in [-0.1, -0.05) is 15.9 Å². The number of nitrogens with zero attached hydrogens (tertiary/aromatic N) is 2. The Hall–Kier alpha value is -1.09. The lowest BCUT2D eigenvalue weighted by Crippen LogP contribution is -2.11. The molecule has 0 aliphatic heterocycles. The Bertz CT molecular complexity index is 381. The highest BCUT2D eigenvalue weighted by molar-refractivity contribution is 9.10. The van der Waals surface area contributed by atoms with Crippen LogP contribution in [0.4, 0.5) is 13.2 Å². The van der Waals surface area contributed by atoms with Gasteiger partial charge in [0.1, 0.15) is 0 Å². The van der Waals surface area contributed by atoms with Crippen LogP contribution in [0.5, 0.6) is 0 Å². The molecule has 0 unspecified atom stereocenters. The van der Waals surface area contributed by atoms with E-state index < -0.39 is 11.7 Å². The highest BCUT2D eigenvalue weighted by Crippen LogP contribution is 2.36. The number of pyridine rings is 1. The summed E-state index contributed by atoms with van der Waals surface area (Å²) in [5, 5.41) is 8.33. The van der Waals surface area contributed by atoms with Crippen molar-refractivity contribution in [2.45, 2.75) is 12.6 Å². The predicted octanol–water partition coefficient (Wildman–Crippen LogP) is 2.93. The molecule has 0 amide bonds.